The molecule has 1 aliphatic heterocycles. The van der Waals surface area contributed by atoms with Crippen LogP contribution in [0.3, 0.4) is 0 Å². The van der Waals surface area contributed by atoms with Crippen LogP contribution in [0.4, 0.5) is 5.69 Å². The molecule has 3 aromatic rings. The molecule has 2 aromatic carbocycles. The normalized spacial score (nSPS) is 15.8. The Morgan fingerprint density at radius 1 is 1.17 bits per heavy atom. The highest BCUT2D eigenvalue weighted by atomic mass is 35.5. The van der Waals surface area contributed by atoms with E-state index in [9.17, 15) is 13.7 Å². The summed E-state index contributed by atoms with van der Waals surface area (Å²) >= 11 is 0. The van der Waals surface area contributed by atoms with Crippen LogP contribution in [0.25, 0.3) is 0 Å². The molecule has 1 aromatic heterocycles. The molecule has 194 valence electrons. The second kappa shape index (κ2) is 13.1. The van der Waals surface area contributed by atoms with Crippen molar-refractivity contribution in [1.29, 1.82) is 5.26 Å². The minimum Gasteiger partial charge on any atom is -0.364 e. The van der Waals surface area contributed by atoms with Crippen molar-refractivity contribution in [2.75, 3.05) is 37.8 Å². The molecule has 1 atom stereocenters. The molecule has 36 heavy (non-hydrogen) atoms. The second-order valence-corrected chi connectivity index (χ2v) is 11.0. The lowest BCUT2D eigenvalue weighted by atomic mass is 10.1. The Balaban J connectivity index is 0.00000228. The first-order valence-electron chi connectivity index (χ1n) is 11.3. The van der Waals surface area contributed by atoms with Crippen LogP contribution in [0, 0.1) is 11.3 Å². The van der Waals surface area contributed by atoms with Crippen LogP contribution in [0.5, 0.6) is 0 Å². The lowest BCUT2D eigenvalue weighted by Crippen LogP contribution is -2.47. The van der Waals surface area contributed by atoms with E-state index in [4.69, 9.17) is 0 Å². The summed E-state index contributed by atoms with van der Waals surface area (Å²) in [4.78, 5) is 11.4. The fraction of sp³-hybridized carbons (Fsp3) is 0.360. The molecular formula is C25H32Cl2N6O2S. The zero-order valence-electron chi connectivity index (χ0n) is 20.4. The standard InChI is InChI=1S/C25H30N6O2S.2ClH/c1-29(2)10-11-34(32,33)31-16-22-12-21(14-26)8-9-25(22)30(17-23-15-27-19-28-23)18-24(31)13-20-6-4-3-5-7-20;;/h3-9,12,15,19,24H,10-11,13,16-18H2,1-2H3,(H,27,28);2*1H/t24-;;/m1../s1. The van der Waals surface area contributed by atoms with Gasteiger partial charge in [-0.05, 0) is 49.8 Å². The number of fused-ring (bicyclic) bond motifs is 1. The van der Waals surface area contributed by atoms with Gasteiger partial charge in [0.05, 0.1) is 36.0 Å². The Morgan fingerprint density at radius 3 is 2.56 bits per heavy atom. The number of anilines is 1. The first-order chi connectivity index (χ1) is 16.4. The monoisotopic (exact) mass is 550 g/mol. The summed E-state index contributed by atoms with van der Waals surface area (Å²) in [6.45, 7) is 1.77. The first-order valence-corrected chi connectivity index (χ1v) is 12.9. The maximum absolute atomic E-state index is 13.6. The molecule has 1 N–H and O–H groups in total. The lowest BCUT2D eigenvalue weighted by Gasteiger charge is -2.32. The second-order valence-electron chi connectivity index (χ2n) is 8.92. The van der Waals surface area contributed by atoms with Crippen molar-refractivity contribution in [2.45, 2.75) is 25.6 Å². The average molecular weight is 552 g/mol. The zero-order chi connectivity index (χ0) is 24.1. The van der Waals surface area contributed by atoms with E-state index in [1.54, 1.807) is 22.9 Å². The van der Waals surface area contributed by atoms with Gasteiger partial charge < -0.3 is 14.8 Å². The smallest absolute Gasteiger partial charge is 0.215 e. The fourth-order valence-corrected chi connectivity index (χ4v) is 6.11. The number of sulfonamides is 1. The van der Waals surface area contributed by atoms with E-state index >= 15 is 0 Å². The van der Waals surface area contributed by atoms with E-state index in [1.165, 1.54) is 0 Å². The van der Waals surface area contributed by atoms with Crippen molar-refractivity contribution in [3.8, 4) is 6.07 Å². The van der Waals surface area contributed by atoms with Gasteiger partial charge in [-0.25, -0.2) is 13.4 Å². The van der Waals surface area contributed by atoms with E-state index in [-0.39, 0.29) is 43.2 Å². The number of aromatic nitrogens is 2. The first kappa shape index (κ1) is 29.6. The van der Waals surface area contributed by atoms with Crippen LogP contribution in [0.15, 0.2) is 61.1 Å². The SMILES string of the molecule is CN(C)CCS(=O)(=O)N1Cc2cc(C#N)ccc2N(Cc2cnc[nH]2)C[C@H]1Cc1ccccc1.Cl.Cl. The van der Waals surface area contributed by atoms with E-state index < -0.39 is 10.0 Å². The Morgan fingerprint density at radius 2 is 1.92 bits per heavy atom. The van der Waals surface area contributed by atoms with Crippen LogP contribution < -0.4 is 4.90 Å². The van der Waals surface area contributed by atoms with Gasteiger partial charge in [-0.3, -0.25) is 0 Å². The molecule has 1 aliphatic rings. The van der Waals surface area contributed by atoms with E-state index in [0.29, 0.717) is 31.6 Å². The van der Waals surface area contributed by atoms with E-state index in [0.717, 1.165) is 22.5 Å². The van der Waals surface area contributed by atoms with Gasteiger partial charge in [0, 0.05) is 37.6 Å². The van der Waals surface area contributed by atoms with Crippen molar-refractivity contribution in [2.24, 2.45) is 0 Å². The number of H-pyrrole nitrogens is 1. The Hall–Kier alpha value is -2.61. The van der Waals surface area contributed by atoms with Gasteiger partial charge in [-0.2, -0.15) is 9.57 Å². The average Bonchev–Trinajstić information content (AvgIpc) is 3.28. The quantitative estimate of drug-likeness (QED) is 0.461. The third-order valence-corrected chi connectivity index (χ3v) is 7.94. The van der Waals surface area contributed by atoms with Crippen LogP contribution in [-0.2, 0) is 29.5 Å². The maximum Gasteiger partial charge on any atom is 0.215 e. The number of rotatable bonds is 8. The van der Waals surface area contributed by atoms with Crippen LogP contribution >= 0.6 is 24.8 Å². The van der Waals surface area contributed by atoms with Gasteiger partial charge in [-0.1, -0.05) is 30.3 Å². The Labute approximate surface area is 225 Å². The van der Waals surface area contributed by atoms with Gasteiger partial charge in [0.1, 0.15) is 0 Å². The minimum absolute atomic E-state index is 0. The van der Waals surface area contributed by atoms with Crippen LogP contribution in [-0.4, -0.2) is 66.6 Å². The van der Waals surface area contributed by atoms with Crippen molar-refractivity contribution in [1.82, 2.24) is 19.2 Å². The third kappa shape index (κ3) is 7.21. The highest BCUT2D eigenvalue weighted by Crippen LogP contribution is 2.32. The number of nitrogens with zero attached hydrogens (tertiary/aromatic N) is 5. The molecular weight excluding hydrogens is 519 g/mol. The largest absolute Gasteiger partial charge is 0.364 e. The highest BCUT2D eigenvalue weighted by molar-refractivity contribution is 7.89. The van der Waals surface area contributed by atoms with Gasteiger partial charge in [0.2, 0.25) is 10.0 Å². The third-order valence-electron chi connectivity index (χ3n) is 6.10. The molecule has 4 rings (SSSR count). The molecule has 0 amide bonds. The maximum atomic E-state index is 13.6. The summed E-state index contributed by atoms with van der Waals surface area (Å²) in [7, 11) is 0.193. The zero-order valence-corrected chi connectivity index (χ0v) is 22.8. The van der Waals surface area contributed by atoms with E-state index in [1.807, 2.05) is 61.5 Å². The van der Waals surface area contributed by atoms with Crippen molar-refractivity contribution >= 4 is 40.5 Å². The summed E-state index contributed by atoms with van der Waals surface area (Å²) in [5, 5.41) is 9.49. The van der Waals surface area contributed by atoms with Crippen molar-refractivity contribution in [3.63, 3.8) is 0 Å². The number of hydrogen-bond donors (Lipinski definition) is 1. The number of benzene rings is 2. The molecule has 0 saturated carbocycles. The predicted molar refractivity (Wildman–Crippen MR) is 147 cm³/mol. The van der Waals surface area contributed by atoms with Gasteiger partial charge in [0.25, 0.3) is 0 Å². The van der Waals surface area contributed by atoms with Crippen LogP contribution in [0.1, 0.15) is 22.4 Å². The molecule has 0 fully saturated rings. The number of hydrogen-bond acceptors (Lipinski definition) is 6. The van der Waals surface area contributed by atoms with Crippen molar-refractivity contribution in [3.05, 3.63) is 83.4 Å². The number of imidazole rings is 1. The fourth-order valence-electron chi connectivity index (χ4n) is 4.35. The van der Waals surface area contributed by atoms with Crippen molar-refractivity contribution < 1.29 is 8.42 Å². The molecule has 0 saturated heterocycles. The molecule has 8 nitrogen and oxygen atoms in total. The Bertz CT molecular complexity index is 1250. The summed E-state index contributed by atoms with van der Waals surface area (Å²) in [5.74, 6) is 0.0408. The summed E-state index contributed by atoms with van der Waals surface area (Å²) in [6.07, 6.45) is 4.03. The number of halogens is 2. The molecule has 0 radical (unpaired) electrons. The molecule has 0 unspecified atom stereocenters. The highest BCUT2D eigenvalue weighted by Gasteiger charge is 2.35. The molecule has 0 aliphatic carbocycles. The summed E-state index contributed by atoms with van der Waals surface area (Å²) in [6, 6.07) is 17.5. The number of nitriles is 1. The predicted octanol–water partition coefficient (Wildman–Crippen LogP) is 3.45. The molecule has 0 bridgehead atoms. The van der Waals surface area contributed by atoms with Gasteiger partial charge in [0.15, 0.2) is 0 Å². The number of aromatic amines is 1. The number of nitrogens with one attached hydrogen (secondary N) is 1. The minimum atomic E-state index is -3.56. The van der Waals surface area contributed by atoms with Gasteiger partial charge in [-0.15, -0.1) is 24.8 Å². The molecule has 11 heteroatoms. The molecule has 2 heterocycles. The van der Waals surface area contributed by atoms with Gasteiger partial charge >= 0.3 is 0 Å². The topological polar surface area (TPSA) is 96.3 Å². The molecule has 0 spiro atoms. The van der Waals surface area contributed by atoms with Crippen LogP contribution in [0.2, 0.25) is 0 Å². The van der Waals surface area contributed by atoms with E-state index in [2.05, 4.69) is 20.9 Å². The summed E-state index contributed by atoms with van der Waals surface area (Å²) < 4.78 is 28.9. The lowest BCUT2D eigenvalue weighted by molar-refractivity contribution is 0.314. The Kier molecular flexibility index (Phi) is 10.8. The summed E-state index contributed by atoms with van der Waals surface area (Å²) in [5.41, 5.74) is 4.33.